The Morgan fingerprint density at radius 2 is 2.10 bits per heavy atom. The first-order chi connectivity index (χ1) is 9.42. The van der Waals surface area contributed by atoms with Crippen molar-refractivity contribution in [3.63, 3.8) is 0 Å². The zero-order valence-corrected chi connectivity index (χ0v) is 13.1. The standard InChI is InChI=1S/C15H16Cl2FNO/c1-4-15(3,18)14-9(2)13(19-20-14)12-10(8-16)6-5-7-11(12)17/h5-7H,4,8H2,1-3H3. The predicted molar refractivity (Wildman–Crippen MR) is 80.0 cm³/mol. The number of aromatic nitrogens is 1. The molecule has 0 aliphatic carbocycles. The maximum Gasteiger partial charge on any atom is 0.177 e. The lowest BCUT2D eigenvalue weighted by Gasteiger charge is -2.15. The van der Waals surface area contributed by atoms with Crippen molar-refractivity contribution in [2.45, 2.75) is 38.7 Å². The van der Waals surface area contributed by atoms with Crippen LogP contribution in [-0.2, 0) is 11.5 Å². The van der Waals surface area contributed by atoms with Gasteiger partial charge in [0, 0.05) is 17.0 Å². The normalized spacial score (nSPS) is 14.3. The van der Waals surface area contributed by atoms with Crippen molar-refractivity contribution in [3.8, 4) is 11.3 Å². The highest BCUT2D eigenvalue weighted by Crippen LogP contribution is 2.39. The maximum absolute atomic E-state index is 14.4. The molecule has 0 fully saturated rings. The van der Waals surface area contributed by atoms with Crippen molar-refractivity contribution in [3.05, 3.63) is 40.1 Å². The molecule has 0 N–H and O–H groups in total. The summed E-state index contributed by atoms with van der Waals surface area (Å²) in [5.74, 6) is 0.550. The van der Waals surface area contributed by atoms with E-state index in [1.165, 1.54) is 6.92 Å². The highest BCUT2D eigenvalue weighted by Gasteiger charge is 2.32. The van der Waals surface area contributed by atoms with Gasteiger partial charge in [0.2, 0.25) is 0 Å². The molecule has 1 atom stereocenters. The van der Waals surface area contributed by atoms with Crippen LogP contribution in [0.15, 0.2) is 22.7 Å². The zero-order valence-electron chi connectivity index (χ0n) is 11.6. The van der Waals surface area contributed by atoms with Crippen LogP contribution in [-0.4, -0.2) is 5.16 Å². The van der Waals surface area contributed by atoms with Crippen LogP contribution in [0.2, 0.25) is 5.02 Å². The molecule has 1 aromatic carbocycles. The third-order valence-corrected chi connectivity index (χ3v) is 4.14. The Morgan fingerprint density at radius 1 is 1.40 bits per heavy atom. The summed E-state index contributed by atoms with van der Waals surface area (Å²) in [4.78, 5) is 0. The molecular weight excluding hydrogens is 300 g/mol. The van der Waals surface area contributed by atoms with Gasteiger partial charge in [-0.25, -0.2) is 4.39 Å². The summed E-state index contributed by atoms with van der Waals surface area (Å²) < 4.78 is 19.7. The molecule has 2 rings (SSSR count). The van der Waals surface area contributed by atoms with Crippen LogP contribution in [0.3, 0.4) is 0 Å². The van der Waals surface area contributed by atoms with E-state index in [-0.39, 0.29) is 5.76 Å². The molecule has 1 heterocycles. The Bertz CT molecular complexity index is 622. The topological polar surface area (TPSA) is 26.0 Å². The van der Waals surface area contributed by atoms with E-state index in [9.17, 15) is 4.39 Å². The lowest BCUT2D eigenvalue weighted by molar-refractivity contribution is 0.134. The SMILES string of the molecule is CCC(C)(F)c1onc(-c2c(Cl)cccc2CCl)c1C. The van der Waals surface area contributed by atoms with Crippen LogP contribution in [0.25, 0.3) is 11.3 Å². The second kappa shape index (κ2) is 5.74. The van der Waals surface area contributed by atoms with Gasteiger partial charge in [-0.15, -0.1) is 11.6 Å². The minimum Gasteiger partial charge on any atom is -0.357 e. The smallest absolute Gasteiger partial charge is 0.177 e. The molecule has 0 aliphatic heterocycles. The van der Waals surface area contributed by atoms with E-state index in [0.717, 1.165) is 5.56 Å². The van der Waals surface area contributed by atoms with Gasteiger partial charge in [0.1, 0.15) is 5.69 Å². The lowest BCUT2D eigenvalue weighted by atomic mass is 9.95. The summed E-state index contributed by atoms with van der Waals surface area (Å²) in [6.45, 7) is 5.04. The molecule has 0 saturated heterocycles. The molecular formula is C15H16Cl2FNO. The Balaban J connectivity index is 2.62. The number of benzene rings is 1. The Hall–Kier alpha value is -1.06. The third kappa shape index (κ3) is 2.57. The first-order valence-electron chi connectivity index (χ1n) is 6.41. The van der Waals surface area contributed by atoms with Crippen molar-refractivity contribution in [2.75, 3.05) is 0 Å². The number of rotatable bonds is 4. The van der Waals surface area contributed by atoms with Gasteiger partial charge < -0.3 is 4.52 Å². The van der Waals surface area contributed by atoms with E-state index in [4.69, 9.17) is 27.7 Å². The number of halogens is 3. The molecule has 0 saturated carbocycles. The van der Waals surface area contributed by atoms with Crippen LogP contribution in [0.1, 0.15) is 37.2 Å². The van der Waals surface area contributed by atoms with E-state index < -0.39 is 5.67 Å². The van der Waals surface area contributed by atoms with E-state index in [0.29, 0.717) is 34.1 Å². The summed E-state index contributed by atoms with van der Waals surface area (Å²) in [6.07, 6.45) is 0.313. The van der Waals surface area contributed by atoms with E-state index in [2.05, 4.69) is 5.16 Å². The molecule has 2 aromatic rings. The van der Waals surface area contributed by atoms with Gasteiger partial charge in [0.25, 0.3) is 0 Å². The minimum absolute atomic E-state index is 0.246. The van der Waals surface area contributed by atoms with Crippen molar-refractivity contribution in [2.24, 2.45) is 0 Å². The van der Waals surface area contributed by atoms with Crippen molar-refractivity contribution in [1.82, 2.24) is 5.16 Å². The van der Waals surface area contributed by atoms with Crippen LogP contribution in [0.5, 0.6) is 0 Å². The lowest BCUT2D eigenvalue weighted by Crippen LogP contribution is -2.13. The monoisotopic (exact) mass is 315 g/mol. The summed E-state index contributed by atoms with van der Waals surface area (Å²) >= 11 is 12.2. The third-order valence-electron chi connectivity index (χ3n) is 3.54. The molecule has 108 valence electrons. The van der Waals surface area contributed by atoms with Gasteiger partial charge in [-0.1, -0.05) is 35.8 Å². The molecule has 0 spiro atoms. The highest BCUT2D eigenvalue weighted by molar-refractivity contribution is 6.33. The molecule has 1 unspecified atom stereocenters. The van der Waals surface area contributed by atoms with E-state index in [1.807, 2.05) is 12.1 Å². The van der Waals surface area contributed by atoms with Gasteiger partial charge in [-0.05, 0) is 31.9 Å². The zero-order chi connectivity index (χ0) is 14.9. The Morgan fingerprint density at radius 3 is 2.70 bits per heavy atom. The largest absolute Gasteiger partial charge is 0.357 e. The molecule has 5 heteroatoms. The summed E-state index contributed by atoms with van der Waals surface area (Å²) in [7, 11) is 0. The summed E-state index contributed by atoms with van der Waals surface area (Å²) in [5.41, 5.74) is 1.23. The van der Waals surface area contributed by atoms with Gasteiger partial charge in [-0.2, -0.15) is 0 Å². The fourth-order valence-electron chi connectivity index (χ4n) is 2.16. The van der Waals surface area contributed by atoms with Gasteiger partial charge in [0.15, 0.2) is 11.4 Å². The molecule has 1 aromatic heterocycles. The van der Waals surface area contributed by atoms with Crippen LogP contribution >= 0.6 is 23.2 Å². The Labute approximate surface area is 127 Å². The molecule has 20 heavy (non-hydrogen) atoms. The highest BCUT2D eigenvalue weighted by atomic mass is 35.5. The molecule has 0 amide bonds. The number of nitrogens with zero attached hydrogens (tertiary/aromatic N) is 1. The molecule has 0 aliphatic rings. The average molecular weight is 316 g/mol. The first-order valence-corrected chi connectivity index (χ1v) is 7.33. The van der Waals surface area contributed by atoms with Crippen molar-refractivity contribution >= 4 is 23.2 Å². The van der Waals surface area contributed by atoms with Crippen LogP contribution < -0.4 is 0 Å². The predicted octanol–water partition coefficient (Wildman–Crippen LogP) is 5.64. The quantitative estimate of drug-likeness (QED) is 0.683. The van der Waals surface area contributed by atoms with Crippen LogP contribution in [0, 0.1) is 6.92 Å². The summed E-state index contributed by atoms with van der Waals surface area (Å²) in [6, 6.07) is 5.46. The fraction of sp³-hybridized carbons (Fsp3) is 0.400. The van der Waals surface area contributed by atoms with E-state index in [1.54, 1.807) is 19.9 Å². The average Bonchev–Trinajstić information content (AvgIpc) is 2.80. The van der Waals surface area contributed by atoms with Gasteiger partial charge >= 0.3 is 0 Å². The second-order valence-electron chi connectivity index (χ2n) is 4.94. The number of hydrogen-bond donors (Lipinski definition) is 0. The second-order valence-corrected chi connectivity index (χ2v) is 5.62. The fourth-order valence-corrected chi connectivity index (χ4v) is 2.67. The van der Waals surface area contributed by atoms with E-state index >= 15 is 0 Å². The number of hydrogen-bond acceptors (Lipinski definition) is 2. The van der Waals surface area contributed by atoms with Gasteiger partial charge in [-0.3, -0.25) is 0 Å². The first kappa shape index (κ1) is 15.3. The summed E-state index contributed by atoms with van der Waals surface area (Å²) in [5, 5.41) is 4.54. The minimum atomic E-state index is -1.54. The van der Waals surface area contributed by atoms with Crippen molar-refractivity contribution < 1.29 is 8.91 Å². The Kier molecular flexibility index (Phi) is 4.40. The number of alkyl halides is 2. The molecule has 2 nitrogen and oxygen atoms in total. The molecule has 0 bridgehead atoms. The van der Waals surface area contributed by atoms with Gasteiger partial charge in [0.05, 0.1) is 5.02 Å². The molecule has 0 radical (unpaired) electrons. The maximum atomic E-state index is 14.4. The van der Waals surface area contributed by atoms with Crippen molar-refractivity contribution in [1.29, 1.82) is 0 Å². The van der Waals surface area contributed by atoms with Crippen LogP contribution in [0.4, 0.5) is 4.39 Å².